The molecule has 1 unspecified atom stereocenters. The van der Waals surface area contributed by atoms with Crippen LogP contribution in [0.4, 0.5) is 0 Å². The van der Waals surface area contributed by atoms with Gasteiger partial charge in [-0.25, -0.2) is 0 Å². The summed E-state index contributed by atoms with van der Waals surface area (Å²) in [5, 5.41) is 0. The van der Waals surface area contributed by atoms with Crippen LogP contribution < -0.4 is 4.74 Å². The van der Waals surface area contributed by atoms with Crippen molar-refractivity contribution in [3.8, 4) is 5.75 Å². The zero-order valence-electron chi connectivity index (χ0n) is 8.11. The second-order valence-electron chi connectivity index (χ2n) is 3.48. The highest BCUT2D eigenvalue weighted by molar-refractivity contribution is 5.28. The van der Waals surface area contributed by atoms with Gasteiger partial charge < -0.3 is 9.47 Å². The molecule has 1 saturated heterocycles. The van der Waals surface area contributed by atoms with Gasteiger partial charge in [0, 0.05) is 6.42 Å². The van der Waals surface area contributed by atoms with Gasteiger partial charge in [-0.05, 0) is 37.5 Å². The maximum Gasteiger partial charge on any atom is 0.199 e. The topological polar surface area (TPSA) is 18.5 Å². The van der Waals surface area contributed by atoms with Gasteiger partial charge in [-0.15, -0.1) is 0 Å². The molecule has 0 aromatic heterocycles. The number of ether oxygens (including phenoxy) is 2. The van der Waals surface area contributed by atoms with Gasteiger partial charge in [0.25, 0.3) is 0 Å². The minimum absolute atomic E-state index is 0.0765. The van der Waals surface area contributed by atoms with Crippen LogP contribution in [0, 0.1) is 6.92 Å². The molecule has 1 heterocycles. The highest BCUT2D eigenvalue weighted by Crippen LogP contribution is 2.19. The molecule has 74 valence electrons. The summed E-state index contributed by atoms with van der Waals surface area (Å²) in [6, 6.07) is 7.40. The quantitative estimate of drug-likeness (QED) is 0.713. The van der Waals surface area contributed by atoms with Gasteiger partial charge in [-0.1, -0.05) is 12.1 Å². The van der Waals surface area contributed by atoms with Gasteiger partial charge >= 0.3 is 0 Å². The van der Waals surface area contributed by atoms with Crippen molar-refractivity contribution < 1.29 is 9.47 Å². The van der Waals surface area contributed by atoms with Crippen LogP contribution in [-0.2, 0) is 4.74 Å². The first-order valence-electron chi connectivity index (χ1n) is 4.98. The Morgan fingerprint density at radius 1 is 1.21 bits per heavy atom. The minimum Gasteiger partial charge on any atom is -0.465 e. The summed E-state index contributed by atoms with van der Waals surface area (Å²) >= 11 is 0. The molecule has 0 N–H and O–H groups in total. The molecule has 2 heteroatoms. The van der Waals surface area contributed by atoms with Crippen LogP contribution >= 0.6 is 0 Å². The van der Waals surface area contributed by atoms with Gasteiger partial charge in [0.05, 0.1) is 6.61 Å². The van der Waals surface area contributed by atoms with E-state index in [9.17, 15) is 0 Å². The molecule has 14 heavy (non-hydrogen) atoms. The summed E-state index contributed by atoms with van der Waals surface area (Å²) in [7, 11) is 0. The van der Waals surface area contributed by atoms with Crippen molar-refractivity contribution in [1.82, 2.24) is 0 Å². The molecule has 0 aliphatic carbocycles. The van der Waals surface area contributed by atoms with Crippen LogP contribution in [0.15, 0.2) is 24.3 Å². The first-order chi connectivity index (χ1) is 6.84. The zero-order valence-corrected chi connectivity index (χ0v) is 8.11. The Kier molecular flexibility index (Phi) is 3.04. The molecule has 1 aliphatic rings. The zero-order chi connectivity index (χ0) is 9.80. The van der Waals surface area contributed by atoms with Crippen molar-refractivity contribution in [1.29, 1.82) is 0 Å². The Balaban J connectivity index is 1.92. The third-order valence-corrected chi connectivity index (χ3v) is 2.29. The summed E-state index contributed by atoms with van der Waals surface area (Å²) in [5.74, 6) is 0.825. The number of hydrogen-bond acceptors (Lipinski definition) is 2. The minimum atomic E-state index is -0.0765. The Morgan fingerprint density at radius 2 is 2.00 bits per heavy atom. The van der Waals surface area contributed by atoms with E-state index in [2.05, 4.69) is 0 Å². The lowest BCUT2D eigenvalue weighted by atomic mass is 10.2. The molecule has 1 atom stereocenters. The first kappa shape index (κ1) is 9.53. The average molecular weight is 190 g/mol. The predicted molar refractivity (Wildman–Crippen MR) is 54.1 cm³/mol. The van der Waals surface area contributed by atoms with Crippen molar-refractivity contribution in [2.75, 3.05) is 6.61 Å². The lowest BCUT2D eigenvalue weighted by Gasteiger charge is -2.23. The van der Waals surface area contributed by atoms with Crippen molar-refractivity contribution >= 4 is 0 Å². The summed E-state index contributed by atoms with van der Waals surface area (Å²) in [6.45, 7) is 6.38. The molecule has 1 aromatic carbocycles. The van der Waals surface area contributed by atoms with Crippen molar-refractivity contribution in [3.63, 3.8) is 0 Å². The third kappa shape index (κ3) is 2.48. The van der Waals surface area contributed by atoms with E-state index in [1.54, 1.807) is 0 Å². The highest BCUT2D eigenvalue weighted by Gasteiger charge is 2.14. The predicted octanol–water partition coefficient (Wildman–Crippen LogP) is 2.65. The van der Waals surface area contributed by atoms with Crippen LogP contribution in [0.2, 0.25) is 0 Å². The second-order valence-corrected chi connectivity index (χ2v) is 3.48. The SMILES string of the molecule is [CH]c1ccc(OC2CCCCO2)cc1. The van der Waals surface area contributed by atoms with Crippen molar-refractivity contribution in [2.24, 2.45) is 0 Å². The Hall–Kier alpha value is -1.02. The molecule has 1 aromatic rings. The van der Waals surface area contributed by atoms with E-state index in [0.29, 0.717) is 0 Å². The normalized spacial score (nSPS) is 21.9. The van der Waals surface area contributed by atoms with E-state index in [1.807, 2.05) is 24.3 Å². The molecule has 0 bridgehead atoms. The van der Waals surface area contributed by atoms with Gasteiger partial charge in [0.15, 0.2) is 6.29 Å². The fraction of sp³-hybridized carbons (Fsp3) is 0.417. The number of rotatable bonds is 2. The molecule has 2 rings (SSSR count). The van der Waals surface area contributed by atoms with Crippen molar-refractivity contribution in [2.45, 2.75) is 25.6 Å². The van der Waals surface area contributed by atoms with Crippen LogP contribution in [0.25, 0.3) is 0 Å². The van der Waals surface area contributed by atoms with Crippen LogP contribution in [0.3, 0.4) is 0 Å². The Morgan fingerprint density at radius 3 is 2.64 bits per heavy atom. The maximum atomic E-state index is 5.63. The molecule has 0 spiro atoms. The van der Waals surface area contributed by atoms with Gasteiger partial charge in [0.1, 0.15) is 5.75 Å². The number of hydrogen-bond donors (Lipinski definition) is 0. The van der Waals surface area contributed by atoms with E-state index >= 15 is 0 Å². The molecule has 0 saturated carbocycles. The molecule has 2 radical (unpaired) electrons. The summed E-state index contributed by atoms with van der Waals surface area (Å²) < 4.78 is 11.1. The van der Waals surface area contributed by atoms with Crippen LogP contribution in [-0.4, -0.2) is 12.9 Å². The van der Waals surface area contributed by atoms with Crippen LogP contribution in [0.1, 0.15) is 24.8 Å². The van der Waals surface area contributed by atoms with Gasteiger partial charge in [-0.3, -0.25) is 0 Å². The van der Waals surface area contributed by atoms with E-state index in [4.69, 9.17) is 16.4 Å². The second kappa shape index (κ2) is 4.47. The van der Waals surface area contributed by atoms with Crippen LogP contribution in [0.5, 0.6) is 5.75 Å². The van der Waals surface area contributed by atoms with E-state index < -0.39 is 0 Å². The lowest BCUT2D eigenvalue weighted by molar-refractivity contribution is -0.105. The van der Waals surface area contributed by atoms with E-state index in [-0.39, 0.29) is 6.29 Å². The Labute approximate surface area is 84.8 Å². The standard InChI is InChI=1S/C12H14O2/c1-10-5-7-11(8-6-10)14-12-4-2-3-9-13-12/h1,5-8,12H,2-4,9H2. The van der Waals surface area contributed by atoms with Gasteiger partial charge in [-0.2, -0.15) is 0 Å². The highest BCUT2D eigenvalue weighted by atomic mass is 16.7. The van der Waals surface area contributed by atoms with Gasteiger partial charge in [0.2, 0.25) is 0 Å². The molecule has 1 fully saturated rings. The molecule has 0 amide bonds. The fourth-order valence-electron chi connectivity index (χ4n) is 1.50. The van der Waals surface area contributed by atoms with E-state index in [1.165, 1.54) is 6.42 Å². The molecular formula is C12H14O2. The molecule has 2 nitrogen and oxygen atoms in total. The fourth-order valence-corrected chi connectivity index (χ4v) is 1.50. The lowest BCUT2D eigenvalue weighted by Crippen LogP contribution is -2.24. The molecular weight excluding hydrogens is 176 g/mol. The molecule has 1 aliphatic heterocycles. The number of benzene rings is 1. The summed E-state index contributed by atoms with van der Waals surface area (Å²) in [5.41, 5.74) is 0.752. The monoisotopic (exact) mass is 190 g/mol. The third-order valence-electron chi connectivity index (χ3n) is 2.29. The first-order valence-corrected chi connectivity index (χ1v) is 4.98. The smallest absolute Gasteiger partial charge is 0.199 e. The van der Waals surface area contributed by atoms with Crippen molar-refractivity contribution in [3.05, 3.63) is 36.8 Å². The average Bonchev–Trinajstić information content (AvgIpc) is 2.23. The maximum absolute atomic E-state index is 5.63. The summed E-state index contributed by atoms with van der Waals surface area (Å²) in [4.78, 5) is 0. The Bertz CT molecular complexity index is 273. The summed E-state index contributed by atoms with van der Waals surface area (Å²) in [6.07, 6.45) is 3.22. The largest absolute Gasteiger partial charge is 0.465 e. The van der Waals surface area contributed by atoms with E-state index in [0.717, 1.165) is 30.8 Å².